The Labute approximate surface area is 190 Å². The van der Waals surface area contributed by atoms with Gasteiger partial charge in [-0.25, -0.2) is 13.1 Å². The molecule has 3 N–H and O–H groups in total. The molecule has 6 nitrogen and oxygen atoms in total. The molecule has 0 unspecified atom stereocenters. The Bertz CT molecular complexity index is 883. The van der Waals surface area contributed by atoms with E-state index in [1.165, 1.54) is 5.56 Å². The van der Waals surface area contributed by atoms with Crippen LogP contribution in [0, 0.1) is 0 Å². The smallest absolute Gasteiger partial charge is 0.240 e. The van der Waals surface area contributed by atoms with E-state index in [1.54, 1.807) is 19.2 Å². The lowest BCUT2D eigenvalue weighted by Gasteiger charge is -2.12. The molecule has 1 saturated carbocycles. The van der Waals surface area contributed by atoms with Crippen LogP contribution in [0.3, 0.4) is 0 Å². The molecule has 0 spiro atoms. The van der Waals surface area contributed by atoms with Gasteiger partial charge in [0, 0.05) is 26.2 Å². The monoisotopic (exact) mass is 528 g/mol. The van der Waals surface area contributed by atoms with Crippen LogP contribution in [0.1, 0.15) is 30.4 Å². The van der Waals surface area contributed by atoms with Crippen molar-refractivity contribution >= 4 is 40.0 Å². The van der Waals surface area contributed by atoms with Crippen LogP contribution >= 0.6 is 24.0 Å². The van der Waals surface area contributed by atoms with Crippen LogP contribution in [0.4, 0.5) is 0 Å². The number of guanidine groups is 1. The highest BCUT2D eigenvalue weighted by Crippen LogP contribution is 2.22. The number of nitrogens with zero attached hydrogens (tertiary/aromatic N) is 1. The van der Waals surface area contributed by atoms with Crippen molar-refractivity contribution in [1.82, 2.24) is 15.4 Å². The predicted molar refractivity (Wildman–Crippen MR) is 128 cm³/mol. The minimum Gasteiger partial charge on any atom is -0.356 e. The SMILES string of the molecule is CN=C(NCCCc1ccccc1)NCc1ccc(S(=O)(=O)NC2CC2)cc1.I. The normalized spacial score (nSPS) is 14.2. The Kier molecular flexibility index (Phi) is 9.38. The maximum absolute atomic E-state index is 12.2. The van der Waals surface area contributed by atoms with Gasteiger partial charge >= 0.3 is 0 Å². The first-order valence-electron chi connectivity index (χ1n) is 9.66. The van der Waals surface area contributed by atoms with Gasteiger partial charge in [0.05, 0.1) is 4.90 Å². The fourth-order valence-electron chi connectivity index (χ4n) is 2.83. The predicted octanol–water partition coefficient (Wildman–Crippen LogP) is 3.04. The van der Waals surface area contributed by atoms with E-state index < -0.39 is 10.0 Å². The molecule has 0 amide bonds. The summed E-state index contributed by atoms with van der Waals surface area (Å²) in [4.78, 5) is 4.54. The summed E-state index contributed by atoms with van der Waals surface area (Å²) in [6, 6.07) is 17.5. The van der Waals surface area contributed by atoms with Gasteiger partial charge < -0.3 is 10.6 Å². The van der Waals surface area contributed by atoms with E-state index in [-0.39, 0.29) is 30.0 Å². The number of rotatable bonds is 9. The van der Waals surface area contributed by atoms with Crippen molar-refractivity contribution in [2.75, 3.05) is 13.6 Å². The van der Waals surface area contributed by atoms with Gasteiger partial charge in [0.15, 0.2) is 5.96 Å². The number of hydrogen-bond acceptors (Lipinski definition) is 3. The standard InChI is InChI=1S/C21H28N4O2S.HI/c1-22-21(23-15-5-8-17-6-3-2-4-7-17)24-16-18-9-13-20(14-10-18)28(26,27)25-19-11-12-19;/h2-4,6-7,9-10,13-14,19,25H,5,8,11-12,15-16H2,1H3,(H2,22,23,24);1H. The average Bonchev–Trinajstić information content (AvgIpc) is 3.52. The Balaban J connectivity index is 0.00000300. The number of nitrogens with one attached hydrogen (secondary N) is 3. The van der Waals surface area contributed by atoms with Crippen molar-refractivity contribution in [1.29, 1.82) is 0 Å². The molecule has 2 aromatic rings. The fraction of sp³-hybridized carbons (Fsp3) is 0.381. The Morgan fingerprint density at radius 3 is 2.31 bits per heavy atom. The second-order valence-electron chi connectivity index (χ2n) is 6.98. The molecule has 3 rings (SSSR count). The zero-order chi connectivity index (χ0) is 19.8. The van der Waals surface area contributed by atoms with Crippen molar-refractivity contribution < 1.29 is 8.42 Å². The van der Waals surface area contributed by atoms with E-state index in [1.807, 2.05) is 18.2 Å². The van der Waals surface area contributed by atoms with E-state index >= 15 is 0 Å². The number of benzene rings is 2. The van der Waals surface area contributed by atoms with Crippen molar-refractivity contribution in [3.8, 4) is 0 Å². The Hall–Kier alpha value is -1.65. The molecule has 1 fully saturated rings. The molecule has 0 heterocycles. The lowest BCUT2D eigenvalue weighted by atomic mass is 10.1. The van der Waals surface area contributed by atoms with Gasteiger partial charge in [0.1, 0.15) is 0 Å². The first kappa shape index (κ1) is 23.6. The van der Waals surface area contributed by atoms with Gasteiger partial charge in [0.2, 0.25) is 10.0 Å². The summed E-state index contributed by atoms with van der Waals surface area (Å²) in [5.74, 6) is 0.736. The largest absolute Gasteiger partial charge is 0.356 e. The van der Waals surface area contributed by atoms with Crippen LogP contribution in [-0.2, 0) is 23.0 Å². The van der Waals surface area contributed by atoms with Gasteiger partial charge in [-0.2, -0.15) is 0 Å². The number of hydrogen-bond donors (Lipinski definition) is 3. The lowest BCUT2D eigenvalue weighted by Crippen LogP contribution is -2.37. The number of aryl methyl sites for hydroxylation is 1. The third-order valence-electron chi connectivity index (χ3n) is 4.59. The minimum atomic E-state index is -3.39. The first-order valence-corrected chi connectivity index (χ1v) is 11.1. The molecular formula is C21H29IN4O2S. The van der Waals surface area contributed by atoms with Crippen LogP contribution in [0.5, 0.6) is 0 Å². The molecule has 0 saturated heterocycles. The Morgan fingerprint density at radius 2 is 1.69 bits per heavy atom. The molecule has 158 valence electrons. The minimum absolute atomic E-state index is 0. The summed E-state index contributed by atoms with van der Waals surface area (Å²) in [6.45, 7) is 1.41. The lowest BCUT2D eigenvalue weighted by molar-refractivity contribution is 0.581. The molecule has 0 aliphatic heterocycles. The van der Waals surface area contributed by atoms with Gasteiger partial charge in [-0.1, -0.05) is 42.5 Å². The zero-order valence-corrected chi connectivity index (χ0v) is 19.7. The van der Waals surface area contributed by atoms with Gasteiger partial charge in [0.25, 0.3) is 0 Å². The third kappa shape index (κ3) is 7.94. The summed E-state index contributed by atoms with van der Waals surface area (Å²) in [5.41, 5.74) is 2.33. The van der Waals surface area contributed by atoms with Crippen molar-refractivity contribution in [2.45, 2.75) is 43.2 Å². The fourth-order valence-corrected chi connectivity index (χ4v) is 4.13. The quantitative estimate of drug-likeness (QED) is 0.202. The van der Waals surface area contributed by atoms with E-state index in [2.05, 4.69) is 44.6 Å². The maximum atomic E-state index is 12.2. The van der Waals surface area contributed by atoms with Gasteiger partial charge in [-0.3, -0.25) is 4.99 Å². The van der Waals surface area contributed by atoms with Crippen LogP contribution in [0.25, 0.3) is 0 Å². The Morgan fingerprint density at radius 1 is 1.00 bits per heavy atom. The topological polar surface area (TPSA) is 82.6 Å². The van der Waals surface area contributed by atoms with Gasteiger partial charge in [-0.15, -0.1) is 24.0 Å². The molecule has 1 aliphatic carbocycles. The molecule has 8 heteroatoms. The van der Waals surface area contributed by atoms with E-state index in [4.69, 9.17) is 0 Å². The van der Waals surface area contributed by atoms with Crippen molar-refractivity contribution in [3.05, 3.63) is 65.7 Å². The highest BCUT2D eigenvalue weighted by Gasteiger charge is 2.27. The van der Waals surface area contributed by atoms with E-state index in [0.29, 0.717) is 11.4 Å². The van der Waals surface area contributed by atoms with Crippen LogP contribution < -0.4 is 15.4 Å². The van der Waals surface area contributed by atoms with Crippen molar-refractivity contribution in [2.24, 2.45) is 4.99 Å². The van der Waals surface area contributed by atoms with Crippen LogP contribution in [-0.4, -0.2) is 34.0 Å². The molecule has 0 atom stereocenters. The molecular weight excluding hydrogens is 499 g/mol. The van der Waals surface area contributed by atoms with E-state index in [0.717, 1.165) is 43.8 Å². The molecule has 29 heavy (non-hydrogen) atoms. The third-order valence-corrected chi connectivity index (χ3v) is 6.13. The number of halogens is 1. The zero-order valence-electron chi connectivity index (χ0n) is 16.6. The summed E-state index contributed by atoms with van der Waals surface area (Å²) in [7, 11) is -1.65. The molecule has 1 aliphatic rings. The van der Waals surface area contributed by atoms with Crippen molar-refractivity contribution in [3.63, 3.8) is 0 Å². The molecule has 2 aromatic carbocycles. The van der Waals surface area contributed by atoms with Crippen LogP contribution in [0.15, 0.2) is 64.5 Å². The summed E-state index contributed by atoms with van der Waals surface area (Å²) in [6.07, 6.45) is 3.90. The highest BCUT2D eigenvalue weighted by molar-refractivity contribution is 14.0. The second-order valence-corrected chi connectivity index (χ2v) is 8.70. The van der Waals surface area contributed by atoms with E-state index in [9.17, 15) is 8.42 Å². The highest BCUT2D eigenvalue weighted by atomic mass is 127. The first-order chi connectivity index (χ1) is 13.6. The average molecular weight is 528 g/mol. The summed E-state index contributed by atoms with van der Waals surface area (Å²) >= 11 is 0. The molecule has 0 radical (unpaired) electrons. The number of aliphatic imine (C=N–C) groups is 1. The second kappa shape index (κ2) is 11.5. The maximum Gasteiger partial charge on any atom is 0.240 e. The molecule has 0 aromatic heterocycles. The van der Waals surface area contributed by atoms with Crippen LogP contribution in [0.2, 0.25) is 0 Å². The number of sulfonamides is 1. The summed E-state index contributed by atoms with van der Waals surface area (Å²) < 4.78 is 27.1. The van der Waals surface area contributed by atoms with Gasteiger partial charge in [-0.05, 0) is 48.9 Å². The molecule has 0 bridgehead atoms. The summed E-state index contributed by atoms with van der Waals surface area (Å²) in [5, 5.41) is 6.57.